The molecule has 4 heteroatoms. The maximum atomic E-state index is 10.3. The van der Waals surface area contributed by atoms with Gasteiger partial charge in [-0.1, -0.05) is 0 Å². The monoisotopic (exact) mass is 159 g/mol. The molecule has 10 heavy (non-hydrogen) atoms. The van der Waals surface area contributed by atoms with Crippen LogP contribution < -0.4 is 0 Å². The van der Waals surface area contributed by atoms with Crippen molar-refractivity contribution in [3.05, 3.63) is 11.1 Å². The van der Waals surface area contributed by atoms with Crippen molar-refractivity contribution >= 4 is 23.9 Å². The minimum atomic E-state index is -0.993. The minimum Gasteiger partial charge on any atom is -0.476 e. The SMILES string of the molecule is CC=N/C(=C\SC)C(=O)O. The highest BCUT2D eigenvalue weighted by atomic mass is 32.2. The van der Waals surface area contributed by atoms with E-state index in [4.69, 9.17) is 5.11 Å². The molecule has 0 aromatic carbocycles. The first-order valence-electron chi connectivity index (χ1n) is 2.67. The largest absolute Gasteiger partial charge is 0.476 e. The van der Waals surface area contributed by atoms with E-state index < -0.39 is 5.97 Å². The van der Waals surface area contributed by atoms with Crippen molar-refractivity contribution in [1.82, 2.24) is 0 Å². The quantitative estimate of drug-likeness (QED) is 0.499. The molecule has 0 aromatic rings. The van der Waals surface area contributed by atoms with Gasteiger partial charge in [0.1, 0.15) is 0 Å². The number of carboxylic acids is 1. The first-order chi connectivity index (χ1) is 4.72. The Morgan fingerprint density at radius 3 is 2.60 bits per heavy atom. The van der Waals surface area contributed by atoms with Gasteiger partial charge < -0.3 is 5.11 Å². The molecular weight excluding hydrogens is 150 g/mol. The van der Waals surface area contributed by atoms with Gasteiger partial charge in [0.25, 0.3) is 0 Å². The molecule has 1 N–H and O–H groups in total. The normalized spacial score (nSPS) is 12.4. The molecule has 56 valence electrons. The summed E-state index contributed by atoms with van der Waals surface area (Å²) in [7, 11) is 0. The van der Waals surface area contributed by atoms with Crippen molar-refractivity contribution in [3.63, 3.8) is 0 Å². The zero-order valence-electron chi connectivity index (χ0n) is 5.87. The Morgan fingerprint density at radius 1 is 1.70 bits per heavy atom. The first-order valence-corrected chi connectivity index (χ1v) is 3.96. The second-order valence-electron chi connectivity index (χ2n) is 1.43. The lowest BCUT2D eigenvalue weighted by molar-refractivity contribution is -0.132. The summed E-state index contributed by atoms with van der Waals surface area (Å²) in [6.07, 6.45) is 3.24. The van der Waals surface area contributed by atoms with E-state index in [9.17, 15) is 4.79 Å². The fourth-order valence-corrected chi connectivity index (χ4v) is 0.772. The Morgan fingerprint density at radius 2 is 2.30 bits per heavy atom. The predicted molar refractivity (Wildman–Crippen MR) is 43.4 cm³/mol. The molecule has 0 saturated carbocycles. The fourth-order valence-electron chi connectivity index (χ4n) is 0.387. The summed E-state index contributed by atoms with van der Waals surface area (Å²) >= 11 is 1.32. The van der Waals surface area contributed by atoms with Gasteiger partial charge in [-0.15, -0.1) is 11.8 Å². The third-order valence-corrected chi connectivity index (χ3v) is 1.18. The molecule has 0 saturated heterocycles. The topological polar surface area (TPSA) is 49.7 Å². The number of carbonyl (C=O) groups is 1. The molecule has 0 aliphatic heterocycles. The van der Waals surface area contributed by atoms with Crippen molar-refractivity contribution in [2.75, 3.05) is 6.26 Å². The molecule has 0 aliphatic carbocycles. The van der Waals surface area contributed by atoms with Crippen molar-refractivity contribution in [3.8, 4) is 0 Å². The van der Waals surface area contributed by atoms with E-state index in [0.717, 1.165) is 0 Å². The van der Waals surface area contributed by atoms with Crippen molar-refractivity contribution < 1.29 is 9.90 Å². The number of aliphatic imine (C=N–C) groups is 1. The van der Waals surface area contributed by atoms with E-state index in [1.54, 1.807) is 13.2 Å². The number of hydrogen-bond acceptors (Lipinski definition) is 3. The van der Waals surface area contributed by atoms with Gasteiger partial charge in [-0.3, -0.25) is 4.99 Å². The Kier molecular flexibility index (Phi) is 4.66. The summed E-state index contributed by atoms with van der Waals surface area (Å²) in [4.78, 5) is 13.9. The molecule has 3 nitrogen and oxygen atoms in total. The Labute approximate surface area is 63.8 Å². The molecule has 0 aromatic heterocycles. The Hall–Kier alpha value is -0.770. The lowest BCUT2D eigenvalue weighted by atomic mass is 10.5. The first kappa shape index (κ1) is 9.23. The smallest absolute Gasteiger partial charge is 0.355 e. The molecule has 0 unspecified atom stereocenters. The molecule has 0 bridgehead atoms. The summed E-state index contributed by atoms with van der Waals surface area (Å²) in [6, 6.07) is 0. The molecule has 0 spiro atoms. The van der Waals surface area contributed by atoms with Gasteiger partial charge in [-0.05, 0) is 13.2 Å². The standard InChI is InChI=1S/C6H9NO2S/c1-3-7-5(4-10-2)6(8)9/h3-4H,1-2H3,(H,8,9)/b5-4-,7-3?. The highest BCUT2D eigenvalue weighted by Gasteiger charge is 2.01. The fraction of sp³-hybridized carbons (Fsp3) is 0.333. The molecule has 0 aliphatic rings. The van der Waals surface area contributed by atoms with Crippen LogP contribution in [0, 0.1) is 0 Å². The van der Waals surface area contributed by atoms with Crippen molar-refractivity contribution in [2.24, 2.45) is 4.99 Å². The van der Waals surface area contributed by atoms with Crippen molar-refractivity contribution in [2.45, 2.75) is 6.92 Å². The number of nitrogens with zero attached hydrogens (tertiary/aromatic N) is 1. The average molecular weight is 159 g/mol. The van der Waals surface area contributed by atoms with Crippen LogP contribution in [0.1, 0.15) is 6.92 Å². The molecule has 0 atom stereocenters. The number of rotatable bonds is 3. The van der Waals surface area contributed by atoms with Crippen LogP contribution >= 0.6 is 11.8 Å². The highest BCUT2D eigenvalue weighted by molar-refractivity contribution is 8.01. The van der Waals surface area contributed by atoms with Crippen LogP contribution in [0.5, 0.6) is 0 Å². The second-order valence-corrected chi connectivity index (χ2v) is 2.14. The van der Waals surface area contributed by atoms with E-state index in [2.05, 4.69) is 4.99 Å². The summed E-state index contributed by atoms with van der Waals surface area (Å²) < 4.78 is 0. The van der Waals surface area contributed by atoms with E-state index in [1.807, 2.05) is 0 Å². The van der Waals surface area contributed by atoms with Crippen LogP contribution in [0.2, 0.25) is 0 Å². The molecule has 0 heterocycles. The van der Waals surface area contributed by atoms with Crippen molar-refractivity contribution in [1.29, 1.82) is 0 Å². The van der Waals surface area contributed by atoms with Gasteiger partial charge in [0.15, 0.2) is 5.70 Å². The van der Waals surface area contributed by atoms with Crippen LogP contribution in [0.15, 0.2) is 16.1 Å². The lowest BCUT2D eigenvalue weighted by Gasteiger charge is -1.89. The molecule has 0 rings (SSSR count). The summed E-state index contributed by atoms with van der Waals surface area (Å²) in [6.45, 7) is 1.68. The van der Waals surface area contributed by atoms with E-state index in [1.165, 1.54) is 23.4 Å². The summed E-state index contributed by atoms with van der Waals surface area (Å²) in [5, 5.41) is 9.93. The third-order valence-electron chi connectivity index (χ3n) is 0.717. The Balaban J connectivity index is 4.26. The number of carboxylic acid groups (broad SMARTS) is 1. The molecular formula is C6H9NO2S. The number of aliphatic carboxylic acids is 1. The number of thioether (sulfide) groups is 1. The lowest BCUT2D eigenvalue weighted by Crippen LogP contribution is -1.96. The van der Waals surface area contributed by atoms with E-state index >= 15 is 0 Å². The van der Waals surface area contributed by atoms with E-state index in [0.29, 0.717) is 0 Å². The van der Waals surface area contributed by atoms with Gasteiger partial charge in [0, 0.05) is 11.6 Å². The zero-order valence-corrected chi connectivity index (χ0v) is 6.68. The van der Waals surface area contributed by atoms with Gasteiger partial charge >= 0.3 is 5.97 Å². The van der Waals surface area contributed by atoms with Gasteiger partial charge in [-0.2, -0.15) is 0 Å². The summed E-state index contributed by atoms with van der Waals surface area (Å²) in [5.74, 6) is -0.993. The van der Waals surface area contributed by atoms with Gasteiger partial charge in [0.2, 0.25) is 0 Å². The van der Waals surface area contributed by atoms with Gasteiger partial charge in [-0.25, -0.2) is 4.79 Å². The van der Waals surface area contributed by atoms with Crippen LogP contribution in [-0.2, 0) is 4.79 Å². The molecule has 0 radical (unpaired) electrons. The van der Waals surface area contributed by atoms with Gasteiger partial charge in [0.05, 0.1) is 0 Å². The highest BCUT2D eigenvalue weighted by Crippen LogP contribution is 2.03. The van der Waals surface area contributed by atoms with Crippen LogP contribution in [-0.4, -0.2) is 23.5 Å². The maximum Gasteiger partial charge on any atom is 0.355 e. The molecule has 0 fully saturated rings. The number of hydrogen-bond donors (Lipinski definition) is 1. The third kappa shape index (κ3) is 3.29. The Bertz CT molecular complexity index is 175. The van der Waals surface area contributed by atoms with Crippen LogP contribution in [0.25, 0.3) is 0 Å². The maximum absolute atomic E-state index is 10.3. The van der Waals surface area contributed by atoms with Crippen LogP contribution in [0.3, 0.4) is 0 Å². The van der Waals surface area contributed by atoms with E-state index in [-0.39, 0.29) is 5.70 Å². The second kappa shape index (κ2) is 5.05. The zero-order chi connectivity index (χ0) is 7.98. The predicted octanol–water partition coefficient (Wildman–Crippen LogP) is 1.37. The molecule has 0 amide bonds. The van der Waals surface area contributed by atoms with Crippen LogP contribution in [0.4, 0.5) is 0 Å². The average Bonchev–Trinajstić information content (AvgIpc) is 1.87. The minimum absolute atomic E-state index is 0.0787. The summed E-state index contributed by atoms with van der Waals surface area (Å²) in [5.41, 5.74) is 0.0787.